The van der Waals surface area contributed by atoms with E-state index in [1.165, 1.54) is 5.56 Å². The Morgan fingerprint density at radius 3 is 2.52 bits per heavy atom. The maximum atomic E-state index is 12.8. The van der Waals surface area contributed by atoms with Crippen molar-refractivity contribution < 1.29 is 19.4 Å². The van der Waals surface area contributed by atoms with Crippen molar-refractivity contribution in [2.45, 2.75) is 43.9 Å². The molecule has 4 rings (SSSR count). The molecular weight excluding hydrogens is 344 g/mol. The van der Waals surface area contributed by atoms with E-state index in [9.17, 15) is 14.7 Å². The predicted molar refractivity (Wildman–Crippen MR) is 101 cm³/mol. The van der Waals surface area contributed by atoms with Crippen molar-refractivity contribution >= 4 is 12.0 Å². The van der Waals surface area contributed by atoms with Crippen LogP contribution < -0.4 is 10.1 Å². The Balaban J connectivity index is 1.40. The van der Waals surface area contributed by atoms with Gasteiger partial charge in [-0.05, 0) is 49.3 Å². The summed E-state index contributed by atoms with van der Waals surface area (Å²) in [7, 11) is 1.66. The van der Waals surface area contributed by atoms with E-state index >= 15 is 0 Å². The molecule has 0 spiro atoms. The minimum Gasteiger partial charge on any atom is -0.497 e. The molecular formula is C21H28N2O4. The molecule has 1 heterocycles. The van der Waals surface area contributed by atoms with E-state index < -0.39 is 11.4 Å². The van der Waals surface area contributed by atoms with Gasteiger partial charge in [0.15, 0.2) is 0 Å². The van der Waals surface area contributed by atoms with Crippen molar-refractivity contribution in [3.05, 3.63) is 29.8 Å². The molecule has 2 N–H and O–H groups in total. The summed E-state index contributed by atoms with van der Waals surface area (Å²) in [6, 6.07) is 7.99. The first kappa shape index (κ1) is 18.1. The van der Waals surface area contributed by atoms with Gasteiger partial charge in [0.1, 0.15) is 5.75 Å². The standard InChI is InChI=1S/C21H28N2O4/c1-27-17-7-5-15(6-8-17)20(9-3-10-20)13-22-19(26)23-12-16-4-2-11-21(16,14-23)18(24)25/h5-8,16H,2-4,9-14H2,1H3,(H,22,26)(H,24,25)/t16-,21+/m0/s1. The summed E-state index contributed by atoms with van der Waals surface area (Å²) in [6.45, 7) is 1.50. The SMILES string of the molecule is COc1ccc(C2(CNC(=O)N3C[C@@H]4CCC[C@@]4(C(=O)O)C3)CCC2)cc1. The number of likely N-dealkylation sites (tertiary alicyclic amines) is 1. The summed E-state index contributed by atoms with van der Waals surface area (Å²) in [5.74, 6) is 0.189. The second-order valence-corrected chi connectivity index (χ2v) is 8.45. The Morgan fingerprint density at radius 2 is 1.96 bits per heavy atom. The third-order valence-electron chi connectivity index (χ3n) is 7.17. The van der Waals surface area contributed by atoms with Crippen LogP contribution in [0.25, 0.3) is 0 Å². The largest absolute Gasteiger partial charge is 0.497 e. The number of carbonyl (C=O) groups is 2. The topological polar surface area (TPSA) is 78.9 Å². The molecule has 0 bridgehead atoms. The first-order chi connectivity index (χ1) is 13.0. The lowest BCUT2D eigenvalue weighted by Crippen LogP contribution is -2.49. The number of carbonyl (C=O) groups excluding carboxylic acids is 1. The Bertz CT molecular complexity index is 728. The minimum absolute atomic E-state index is 0.0119. The fourth-order valence-electron chi connectivity index (χ4n) is 5.27. The van der Waals surface area contributed by atoms with E-state index in [1.54, 1.807) is 12.0 Å². The van der Waals surface area contributed by atoms with Crippen molar-refractivity contribution in [2.75, 3.05) is 26.7 Å². The number of carboxylic acid groups (broad SMARTS) is 1. The van der Waals surface area contributed by atoms with Crippen LogP contribution in [0.3, 0.4) is 0 Å². The van der Waals surface area contributed by atoms with Gasteiger partial charge in [-0.1, -0.05) is 25.0 Å². The molecule has 6 heteroatoms. The van der Waals surface area contributed by atoms with Gasteiger partial charge in [0.25, 0.3) is 0 Å². The number of benzene rings is 1. The van der Waals surface area contributed by atoms with E-state index in [2.05, 4.69) is 17.4 Å². The number of methoxy groups -OCH3 is 1. The average Bonchev–Trinajstić information content (AvgIpc) is 3.19. The first-order valence-corrected chi connectivity index (χ1v) is 9.90. The number of amides is 2. The van der Waals surface area contributed by atoms with Crippen LogP contribution in [0.1, 0.15) is 44.1 Å². The number of urea groups is 1. The highest BCUT2D eigenvalue weighted by Gasteiger charge is 2.56. The Labute approximate surface area is 159 Å². The van der Waals surface area contributed by atoms with E-state index in [1.807, 2.05) is 12.1 Å². The van der Waals surface area contributed by atoms with E-state index in [0.29, 0.717) is 26.1 Å². The highest BCUT2D eigenvalue weighted by Crippen LogP contribution is 2.49. The molecule has 1 saturated heterocycles. The number of rotatable bonds is 5. The number of aliphatic carboxylic acids is 1. The fraction of sp³-hybridized carbons (Fsp3) is 0.619. The lowest BCUT2D eigenvalue weighted by atomic mass is 9.64. The summed E-state index contributed by atoms with van der Waals surface area (Å²) in [5.41, 5.74) is 0.499. The zero-order chi connectivity index (χ0) is 19.1. The van der Waals surface area contributed by atoms with Gasteiger partial charge in [-0.25, -0.2) is 4.79 Å². The van der Waals surface area contributed by atoms with Crippen molar-refractivity contribution in [2.24, 2.45) is 11.3 Å². The molecule has 0 unspecified atom stereocenters. The summed E-state index contributed by atoms with van der Waals surface area (Å²) >= 11 is 0. The number of hydrogen-bond donors (Lipinski definition) is 2. The highest BCUT2D eigenvalue weighted by molar-refractivity contribution is 5.80. The van der Waals surface area contributed by atoms with Crippen LogP contribution >= 0.6 is 0 Å². The van der Waals surface area contributed by atoms with Gasteiger partial charge in [0.05, 0.1) is 12.5 Å². The van der Waals surface area contributed by atoms with Crippen LogP contribution in [-0.2, 0) is 10.2 Å². The molecule has 2 amide bonds. The lowest BCUT2D eigenvalue weighted by molar-refractivity contribution is -0.149. The molecule has 2 saturated carbocycles. The van der Waals surface area contributed by atoms with Crippen LogP contribution in [0.4, 0.5) is 4.79 Å². The Kier molecular flexibility index (Phi) is 4.52. The van der Waals surface area contributed by atoms with Crippen molar-refractivity contribution in [1.29, 1.82) is 0 Å². The second kappa shape index (κ2) is 6.73. The highest BCUT2D eigenvalue weighted by atomic mass is 16.5. The van der Waals surface area contributed by atoms with E-state index in [-0.39, 0.29) is 17.4 Å². The van der Waals surface area contributed by atoms with Crippen molar-refractivity contribution in [3.8, 4) is 5.75 Å². The Hall–Kier alpha value is -2.24. The molecule has 27 heavy (non-hydrogen) atoms. The van der Waals surface area contributed by atoms with E-state index in [4.69, 9.17) is 4.74 Å². The number of hydrogen-bond acceptors (Lipinski definition) is 3. The van der Waals surface area contributed by atoms with Gasteiger partial charge in [-0.15, -0.1) is 0 Å². The normalized spacial score (nSPS) is 28.3. The van der Waals surface area contributed by atoms with Crippen LogP contribution in [0.5, 0.6) is 5.75 Å². The predicted octanol–water partition coefficient (Wildman–Crippen LogP) is 3.01. The number of nitrogens with one attached hydrogen (secondary N) is 1. The van der Waals surface area contributed by atoms with Crippen LogP contribution in [0.15, 0.2) is 24.3 Å². The summed E-state index contributed by atoms with van der Waals surface area (Å²) in [6.07, 6.45) is 5.82. The summed E-state index contributed by atoms with van der Waals surface area (Å²) in [4.78, 5) is 26.3. The lowest BCUT2D eigenvalue weighted by Gasteiger charge is -2.43. The third kappa shape index (κ3) is 2.95. The third-order valence-corrected chi connectivity index (χ3v) is 7.17. The number of carboxylic acids is 1. The molecule has 2 atom stereocenters. The number of nitrogens with zero attached hydrogens (tertiary/aromatic N) is 1. The molecule has 6 nitrogen and oxygen atoms in total. The van der Waals surface area contributed by atoms with E-state index in [0.717, 1.165) is 37.9 Å². The molecule has 0 radical (unpaired) electrons. The molecule has 146 valence electrons. The molecule has 0 aromatic heterocycles. The van der Waals surface area contributed by atoms with Gasteiger partial charge in [-0.3, -0.25) is 4.79 Å². The maximum Gasteiger partial charge on any atom is 0.317 e. The van der Waals surface area contributed by atoms with Crippen molar-refractivity contribution in [1.82, 2.24) is 10.2 Å². The minimum atomic E-state index is -0.742. The van der Waals surface area contributed by atoms with Crippen molar-refractivity contribution in [3.63, 3.8) is 0 Å². The van der Waals surface area contributed by atoms with Crippen LogP contribution in [0, 0.1) is 11.3 Å². The second-order valence-electron chi connectivity index (χ2n) is 8.45. The fourth-order valence-corrected chi connectivity index (χ4v) is 5.27. The van der Waals surface area contributed by atoms with Crippen LogP contribution in [-0.4, -0.2) is 48.8 Å². The van der Waals surface area contributed by atoms with Gasteiger partial charge in [0.2, 0.25) is 0 Å². The van der Waals surface area contributed by atoms with Gasteiger partial charge in [-0.2, -0.15) is 0 Å². The summed E-state index contributed by atoms with van der Waals surface area (Å²) in [5, 5.41) is 12.8. The molecule has 1 aliphatic heterocycles. The summed E-state index contributed by atoms with van der Waals surface area (Å²) < 4.78 is 5.24. The zero-order valence-electron chi connectivity index (χ0n) is 15.9. The Morgan fingerprint density at radius 1 is 1.22 bits per heavy atom. The zero-order valence-corrected chi connectivity index (χ0v) is 15.9. The van der Waals surface area contributed by atoms with Gasteiger partial charge in [0, 0.05) is 25.0 Å². The first-order valence-electron chi connectivity index (χ1n) is 9.90. The number of fused-ring (bicyclic) bond motifs is 1. The molecule has 3 fully saturated rings. The molecule has 3 aliphatic rings. The number of ether oxygens (including phenoxy) is 1. The molecule has 1 aromatic rings. The van der Waals surface area contributed by atoms with Crippen LogP contribution in [0.2, 0.25) is 0 Å². The molecule has 2 aliphatic carbocycles. The average molecular weight is 372 g/mol. The van der Waals surface area contributed by atoms with Gasteiger partial charge < -0.3 is 20.1 Å². The smallest absolute Gasteiger partial charge is 0.317 e. The quantitative estimate of drug-likeness (QED) is 0.833. The maximum absolute atomic E-state index is 12.8. The molecule has 1 aromatic carbocycles. The monoisotopic (exact) mass is 372 g/mol. The van der Waals surface area contributed by atoms with Gasteiger partial charge >= 0.3 is 12.0 Å².